The predicted octanol–water partition coefficient (Wildman–Crippen LogP) is 0.600. The Balaban J connectivity index is 2.44. The highest BCUT2D eigenvalue weighted by Gasteiger charge is 2.22. The van der Waals surface area contributed by atoms with Crippen LogP contribution in [0, 0.1) is 4.91 Å². The molecule has 16 heavy (non-hydrogen) atoms. The van der Waals surface area contributed by atoms with Crippen molar-refractivity contribution in [2.75, 3.05) is 0 Å². The molecule has 0 saturated heterocycles. The highest BCUT2D eigenvalue weighted by Crippen LogP contribution is 2.07. The van der Waals surface area contributed by atoms with Crippen molar-refractivity contribution in [1.29, 1.82) is 0 Å². The van der Waals surface area contributed by atoms with Crippen LogP contribution in [0.2, 0.25) is 0 Å². The molecule has 0 saturated carbocycles. The van der Waals surface area contributed by atoms with Gasteiger partial charge in [0.1, 0.15) is 6.04 Å². The van der Waals surface area contributed by atoms with E-state index in [4.69, 9.17) is 5.73 Å². The number of aliphatic hydroxyl groups is 1. The molecule has 3 N–H and O–H groups in total. The fourth-order valence-corrected chi connectivity index (χ4v) is 1.36. The second kappa shape index (κ2) is 6.09. The van der Waals surface area contributed by atoms with Gasteiger partial charge in [-0.05, 0) is 18.4 Å². The van der Waals surface area contributed by atoms with Gasteiger partial charge in [0.15, 0.2) is 0 Å². The van der Waals surface area contributed by atoms with Gasteiger partial charge >= 0.3 is 5.91 Å². The summed E-state index contributed by atoms with van der Waals surface area (Å²) in [5.41, 5.74) is 6.38. The molecule has 0 bridgehead atoms. The minimum atomic E-state index is -1.22. The topological polar surface area (TPSA) is 92.8 Å². The van der Waals surface area contributed by atoms with Crippen LogP contribution in [0.4, 0.5) is 0 Å². The summed E-state index contributed by atoms with van der Waals surface area (Å²) >= 11 is 0. The Bertz CT molecular complexity index is 354. The maximum Gasteiger partial charge on any atom is 0.305 e. The van der Waals surface area contributed by atoms with Crippen molar-refractivity contribution in [3.63, 3.8) is 0 Å². The molecule has 1 rings (SSSR count). The van der Waals surface area contributed by atoms with Gasteiger partial charge in [-0.1, -0.05) is 30.3 Å². The first-order chi connectivity index (χ1) is 7.65. The van der Waals surface area contributed by atoms with E-state index >= 15 is 0 Å². The zero-order valence-corrected chi connectivity index (χ0v) is 8.74. The molecule has 1 aromatic carbocycles. The van der Waals surface area contributed by atoms with Gasteiger partial charge in [-0.25, -0.2) is 0 Å². The number of hydrogen-bond acceptors (Lipinski definition) is 4. The molecular formula is C11H14N2O3. The summed E-state index contributed by atoms with van der Waals surface area (Å²) in [6.07, 6.45) is -0.112. The van der Waals surface area contributed by atoms with Crippen LogP contribution < -0.4 is 5.73 Å². The van der Waals surface area contributed by atoms with Crippen LogP contribution in [0.3, 0.4) is 0 Å². The Labute approximate surface area is 93.2 Å². The Morgan fingerprint density at radius 2 is 2.00 bits per heavy atom. The van der Waals surface area contributed by atoms with Crippen LogP contribution in [-0.2, 0) is 11.2 Å². The molecule has 5 heteroatoms. The Morgan fingerprint density at radius 1 is 1.38 bits per heavy atom. The first-order valence-corrected chi connectivity index (χ1v) is 5.00. The smallest absolute Gasteiger partial charge is 0.305 e. The average Bonchev–Trinajstić information content (AvgIpc) is 2.35. The van der Waals surface area contributed by atoms with Crippen molar-refractivity contribution in [1.82, 2.24) is 0 Å². The van der Waals surface area contributed by atoms with Crippen LogP contribution in [0.25, 0.3) is 0 Å². The molecule has 0 aliphatic heterocycles. The number of carbonyl (C=O) groups is 1. The van der Waals surface area contributed by atoms with Crippen molar-refractivity contribution in [2.24, 2.45) is 10.9 Å². The van der Waals surface area contributed by atoms with Crippen LogP contribution >= 0.6 is 0 Å². The molecule has 0 aliphatic rings. The van der Waals surface area contributed by atoms with Gasteiger partial charge in [0, 0.05) is 5.18 Å². The lowest BCUT2D eigenvalue weighted by atomic mass is 10.0. The normalized spacial score (nSPS) is 14.1. The third-order valence-corrected chi connectivity index (χ3v) is 2.36. The SMILES string of the molecule is N[C@H](C(=O)N=O)[C@H](O)CCc1ccccc1. The molecule has 0 aromatic heterocycles. The van der Waals surface area contributed by atoms with Crippen LogP contribution in [-0.4, -0.2) is 23.2 Å². The number of amides is 1. The van der Waals surface area contributed by atoms with E-state index in [2.05, 4.69) is 5.18 Å². The molecule has 2 atom stereocenters. The molecule has 86 valence electrons. The summed E-state index contributed by atoms with van der Waals surface area (Å²) in [5, 5.41) is 11.7. The second-order valence-corrected chi connectivity index (χ2v) is 3.55. The van der Waals surface area contributed by atoms with Gasteiger partial charge in [-0.2, -0.15) is 0 Å². The number of nitrogens with zero attached hydrogens (tertiary/aromatic N) is 1. The lowest BCUT2D eigenvalue weighted by molar-refractivity contribution is -0.121. The minimum Gasteiger partial charge on any atom is -0.391 e. The first-order valence-electron chi connectivity index (χ1n) is 5.00. The van der Waals surface area contributed by atoms with Crippen molar-refractivity contribution in [3.05, 3.63) is 40.8 Å². The lowest BCUT2D eigenvalue weighted by Gasteiger charge is -2.14. The van der Waals surface area contributed by atoms with E-state index in [1.165, 1.54) is 0 Å². The molecule has 1 aromatic rings. The third kappa shape index (κ3) is 3.52. The van der Waals surface area contributed by atoms with E-state index in [1.54, 1.807) is 0 Å². The monoisotopic (exact) mass is 222 g/mol. The quantitative estimate of drug-likeness (QED) is 0.713. The van der Waals surface area contributed by atoms with Crippen molar-refractivity contribution in [2.45, 2.75) is 25.0 Å². The second-order valence-electron chi connectivity index (χ2n) is 3.55. The number of aryl methyl sites for hydroxylation is 1. The van der Waals surface area contributed by atoms with E-state index in [9.17, 15) is 14.8 Å². The van der Waals surface area contributed by atoms with Crippen LogP contribution in [0.1, 0.15) is 12.0 Å². The Kier molecular flexibility index (Phi) is 4.75. The van der Waals surface area contributed by atoms with E-state index in [0.29, 0.717) is 12.8 Å². The lowest BCUT2D eigenvalue weighted by Crippen LogP contribution is -2.41. The molecule has 0 fully saturated rings. The molecule has 0 aliphatic carbocycles. The largest absolute Gasteiger partial charge is 0.391 e. The summed E-state index contributed by atoms with van der Waals surface area (Å²) in [5.74, 6) is -1.01. The maximum absolute atomic E-state index is 10.8. The molecule has 0 unspecified atom stereocenters. The summed E-state index contributed by atoms with van der Waals surface area (Å²) in [4.78, 5) is 20.7. The van der Waals surface area contributed by atoms with Gasteiger partial charge in [-0.3, -0.25) is 4.79 Å². The third-order valence-electron chi connectivity index (χ3n) is 2.36. The van der Waals surface area contributed by atoms with Crippen molar-refractivity contribution in [3.8, 4) is 0 Å². The number of rotatable bonds is 5. The standard InChI is InChI=1S/C11H14N2O3/c12-10(11(15)13-16)9(14)7-6-8-4-2-1-3-5-8/h1-5,9-10,14H,6-7,12H2/t9-,10+/m1/s1. The van der Waals surface area contributed by atoms with Gasteiger partial charge in [0.05, 0.1) is 6.10 Å². The summed E-state index contributed by atoms with van der Waals surface area (Å²) in [6.45, 7) is 0. The molecule has 1 amide bonds. The molecule has 0 radical (unpaired) electrons. The Morgan fingerprint density at radius 3 is 2.56 bits per heavy atom. The highest BCUT2D eigenvalue weighted by atomic mass is 16.3. The zero-order chi connectivity index (χ0) is 12.0. The number of hydrogen-bond donors (Lipinski definition) is 2. The Hall–Kier alpha value is -1.59. The predicted molar refractivity (Wildman–Crippen MR) is 59.5 cm³/mol. The number of nitroso groups, excluding NO2 is 1. The average molecular weight is 222 g/mol. The van der Waals surface area contributed by atoms with Crippen molar-refractivity contribution < 1.29 is 9.90 Å². The molecular weight excluding hydrogens is 208 g/mol. The number of benzene rings is 1. The first kappa shape index (κ1) is 12.5. The number of nitrogens with two attached hydrogens (primary N) is 1. The van der Waals surface area contributed by atoms with Gasteiger partial charge in [-0.15, -0.1) is 4.91 Å². The summed E-state index contributed by atoms with van der Waals surface area (Å²) < 4.78 is 0. The summed E-state index contributed by atoms with van der Waals surface area (Å²) in [7, 11) is 0. The van der Waals surface area contributed by atoms with Gasteiger partial charge < -0.3 is 10.8 Å². The van der Waals surface area contributed by atoms with E-state index in [-0.39, 0.29) is 0 Å². The number of carbonyl (C=O) groups excluding carboxylic acids is 1. The van der Waals surface area contributed by atoms with Crippen LogP contribution in [0.5, 0.6) is 0 Å². The van der Waals surface area contributed by atoms with Crippen LogP contribution in [0.15, 0.2) is 35.5 Å². The summed E-state index contributed by atoms with van der Waals surface area (Å²) in [6, 6.07) is 8.28. The fraction of sp³-hybridized carbons (Fsp3) is 0.364. The molecule has 5 nitrogen and oxygen atoms in total. The van der Waals surface area contributed by atoms with E-state index in [0.717, 1.165) is 5.56 Å². The van der Waals surface area contributed by atoms with Gasteiger partial charge in [0.25, 0.3) is 0 Å². The fourth-order valence-electron chi connectivity index (χ4n) is 1.36. The highest BCUT2D eigenvalue weighted by molar-refractivity contribution is 5.82. The zero-order valence-electron chi connectivity index (χ0n) is 8.74. The molecule has 0 spiro atoms. The van der Waals surface area contributed by atoms with Crippen molar-refractivity contribution >= 4 is 5.91 Å². The molecule has 0 heterocycles. The minimum absolute atomic E-state index is 0.326. The van der Waals surface area contributed by atoms with Gasteiger partial charge in [0.2, 0.25) is 0 Å². The van der Waals surface area contributed by atoms with E-state index in [1.807, 2.05) is 30.3 Å². The van der Waals surface area contributed by atoms with E-state index < -0.39 is 18.1 Å². The number of aliphatic hydroxyl groups excluding tert-OH is 1. The maximum atomic E-state index is 10.8.